The van der Waals surface area contributed by atoms with Crippen LogP contribution in [0.2, 0.25) is 0 Å². The summed E-state index contributed by atoms with van der Waals surface area (Å²) >= 11 is 0. The van der Waals surface area contributed by atoms with Crippen LogP contribution >= 0.6 is 0 Å². The summed E-state index contributed by atoms with van der Waals surface area (Å²) in [5.74, 6) is 0.0737. The van der Waals surface area contributed by atoms with Crippen LogP contribution in [0.3, 0.4) is 0 Å². The fraction of sp³-hybridized carbons (Fsp3) is 0.300. The van der Waals surface area contributed by atoms with Crippen LogP contribution in [0.5, 0.6) is 5.75 Å². The predicted octanol–water partition coefficient (Wildman–Crippen LogP) is 0.786. The van der Waals surface area contributed by atoms with E-state index in [2.05, 4.69) is 5.16 Å². The highest BCUT2D eigenvalue weighted by Gasteiger charge is 2.22. The minimum Gasteiger partial charge on any atom is -0.508 e. The zero-order chi connectivity index (χ0) is 10.7. The van der Waals surface area contributed by atoms with E-state index in [9.17, 15) is 10.2 Å². The third-order valence-corrected chi connectivity index (χ3v) is 2.04. The van der Waals surface area contributed by atoms with Gasteiger partial charge in [0.05, 0.1) is 0 Å². The maximum Gasteiger partial charge on any atom is 0.259 e. The second kappa shape index (κ2) is 4.18. The molecule has 5 heteroatoms. The van der Waals surface area contributed by atoms with Gasteiger partial charge in [0.2, 0.25) is 0 Å². The Morgan fingerprint density at radius 1 is 1.27 bits per heavy atom. The zero-order valence-corrected chi connectivity index (χ0v) is 7.96. The minimum atomic E-state index is -1.09. The number of phenols is 1. The Morgan fingerprint density at radius 2 is 2.07 bits per heavy atom. The highest BCUT2D eigenvalue weighted by Crippen LogP contribution is 2.25. The minimum absolute atomic E-state index is 0.00173. The molecule has 5 nitrogen and oxygen atoms in total. The van der Waals surface area contributed by atoms with Crippen LogP contribution in [0.1, 0.15) is 11.7 Å². The monoisotopic (exact) mass is 209 g/mol. The molecule has 2 rings (SSSR count). The number of phenolic OH excluding ortho intramolecular Hbond substituents is 1. The van der Waals surface area contributed by atoms with Crippen LogP contribution in [0.4, 0.5) is 0 Å². The van der Waals surface area contributed by atoms with E-state index in [0.717, 1.165) is 0 Å². The second-order valence-electron chi connectivity index (χ2n) is 3.07. The highest BCUT2D eigenvalue weighted by atomic mass is 16.7. The average molecular weight is 209 g/mol. The van der Waals surface area contributed by atoms with Crippen molar-refractivity contribution in [1.82, 2.24) is 0 Å². The molecule has 1 aromatic carbocycles. The molecule has 0 amide bonds. The number of aliphatic hydroxyl groups is 1. The Kier molecular flexibility index (Phi) is 2.73. The molecule has 0 spiro atoms. The van der Waals surface area contributed by atoms with Crippen molar-refractivity contribution in [2.45, 2.75) is 6.10 Å². The fourth-order valence-electron chi connectivity index (χ4n) is 1.30. The van der Waals surface area contributed by atoms with Gasteiger partial charge in [-0.1, -0.05) is 18.2 Å². The van der Waals surface area contributed by atoms with E-state index < -0.39 is 6.10 Å². The van der Waals surface area contributed by atoms with Crippen molar-refractivity contribution in [3.63, 3.8) is 0 Å². The van der Waals surface area contributed by atoms with Gasteiger partial charge in [-0.05, 0) is 11.2 Å². The first kappa shape index (κ1) is 9.79. The summed E-state index contributed by atoms with van der Waals surface area (Å²) in [5.41, 5.74) is 0.349. The van der Waals surface area contributed by atoms with Crippen LogP contribution in [0.25, 0.3) is 0 Å². The molecule has 2 N–H and O–H groups in total. The van der Waals surface area contributed by atoms with Crippen LogP contribution in [-0.2, 0) is 9.57 Å². The Balaban J connectivity index is 2.23. The summed E-state index contributed by atoms with van der Waals surface area (Å²) in [7, 11) is 0. The van der Waals surface area contributed by atoms with Crippen LogP contribution in [0.15, 0.2) is 29.4 Å². The van der Waals surface area contributed by atoms with E-state index >= 15 is 0 Å². The van der Waals surface area contributed by atoms with Crippen molar-refractivity contribution < 1.29 is 19.8 Å². The Morgan fingerprint density at radius 3 is 2.73 bits per heavy atom. The van der Waals surface area contributed by atoms with E-state index in [-0.39, 0.29) is 11.6 Å². The van der Waals surface area contributed by atoms with Gasteiger partial charge >= 0.3 is 0 Å². The standard InChI is InChI=1S/C10H11NO4/c12-8-4-2-1-3-7(8)9(13)10-11-15-6-5-14-10/h1-4,9,12-13H,5-6H2. The lowest BCUT2D eigenvalue weighted by Crippen LogP contribution is -2.22. The van der Waals surface area contributed by atoms with Crippen molar-refractivity contribution in [3.8, 4) is 5.75 Å². The quantitative estimate of drug-likeness (QED) is 0.755. The topological polar surface area (TPSA) is 71.3 Å². The summed E-state index contributed by atoms with van der Waals surface area (Å²) in [6.07, 6.45) is -1.09. The normalized spacial score (nSPS) is 17.3. The molecule has 1 aliphatic heterocycles. The smallest absolute Gasteiger partial charge is 0.259 e. The number of ether oxygens (including phenoxy) is 1. The van der Waals surface area contributed by atoms with E-state index in [1.807, 2.05) is 0 Å². The summed E-state index contributed by atoms with van der Waals surface area (Å²) in [6.45, 7) is 0.723. The van der Waals surface area contributed by atoms with Crippen LogP contribution < -0.4 is 0 Å². The van der Waals surface area contributed by atoms with Crippen molar-refractivity contribution in [1.29, 1.82) is 0 Å². The third-order valence-electron chi connectivity index (χ3n) is 2.04. The average Bonchev–Trinajstić information content (AvgIpc) is 2.30. The Labute approximate surface area is 86.6 Å². The van der Waals surface area contributed by atoms with Crippen LogP contribution in [-0.4, -0.2) is 29.3 Å². The second-order valence-corrected chi connectivity index (χ2v) is 3.07. The molecule has 0 saturated carbocycles. The van der Waals surface area contributed by atoms with Gasteiger partial charge < -0.3 is 19.8 Å². The third kappa shape index (κ3) is 2.02. The van der Waals surface area contributed by atoms with Crippen molar-refractivity contribution in [2.75, 3.05) is 13.2 Å². The predicted molar refractivity (Wildman–Crippen MR) is 52.4 cm³/mol. The molecule has 1 aromatic rings. The first-order chi connectivity index (χ1) is 7.29. The number of benzene rings is 1. The lowest BCUT2D eigenvalue weighted by molar-refractivity contribution is 0.0458. The number of para-hydroxylation sites is 1. The molecule has 1 unspecified atom stereocenters. The summed E-state index contributed by atoms with van der Waals surface area (Å²) in [5, 5.41) is 22.9. The maximum atomic E-state index is 9.83. The number of hydrogen-bond acceptors (Lipinski definition) is 5. The van der Waals surface area contributed by atoms with Crippen molar-refractivity contribution >= 4 is 5.90 Å². The van der Waals surface area contributed by atoms with Gasteiger partial charge in [-0.2, -0.15) is 0 Å². The molecule has 80 valence electrons. The Bertz CT molecular complexity index is 377. The van der Waals surface area contributed by atoms with E-state index in [1.165, 1.54) is 6.07 Å². The van der Waals surface area contributed by atoms with Gasteiger partial charge in [0.15, 0.2) is 12.7 Å². The number of oxime groups is 1. The largest absolute Gasteiger partial charge is 0.508 e. The first-order valence-corrected chi connectivity index (χ1v) is 4.57. The number of hydrogen-bond donors (Lipinski definition) is 2. The molecule has 1 aliphatic rings. The Hall–Kier alpha value is -1.75. The molecule has 0 aromatic heterocycles. The van der Waals surface area contributed by atoms with Crippen molar-refractivity contribution in [2.24, 2.45) is 5.16 Å². The molecular weight excluding hydrogens is 198 g/mol. The molecule has 0 bridgehead atoms. The van der Waals surface area contributed by atoms with Gasteiger partial charge in [-0.3, -0.25) is 0 Å². The molecule has 0 fully saturated rings. The van der Waals surface area contributed by atoms with Crippen LogP contribution in [0, 0.1) is 0 Å². The number of aliphatic hydroxyl groups excluding tert-OH is 1. The summed E-state index contributed by atoms with van der Waals surface area (Å²) in [4.78, 5) is 4.79. The zero-order valence-electron chi connectivity index (χ0n) is 7.96. The summed E-state index contributed by atoms with van der Waals surface area (Å²) < 4.78 is 5.11. The molecule has 1 atom stereocenters. The maximum absolute atomic E-state index is 9.83. The fourth-order valence-corrected chi connectivity index (χ4v) is 1.30. The van der Waals surface area contributed by atoms with E-state index in [1.54, 1.807) is 18.2 Å². The van der Waals surface area contributed by atoms with Gasteiger partial charge in [0, 0.05) is 5.56 Å². The molecule has 1 heterocycles. The van der Waals surface area contributed by atoms with E-state index in [0.29, 0.717) is 18.8 Å². The van der Waals surface area contributed by atoms with Gasteiger partial charge in [0.1, 0.15) is 12.4 Å². The van der Waals surface area contributed by atoms with Gasteiger partial charge in [0.25, 0.3) is 5.90 Å². The molecule has 0 saturated heterocycles. The summed E-state index contributed by atoms with van der Waals surface area (Å²) in [6, 6.07) is 6.47. The molecule has 0 aliphatic carbocycles. The van der Waals surface area contributed by atoms with E-state index in [4.69, 9.17) is 9.57 Å². The van der Waals surface area contributed by atoms with Gasteiger partial charge in [-0.25, -0.2) is 0 Å². The SMILES string of the molecule is Oc1ccccc1C(O)C1=NOCCO1. The molecule has 0 radical (unpaired) electrons. The highest BCUT2D eigenvalue weighted by molar-refractivity contribution is 5.82. The van der Waals surface area contributed by atoms with Crippen molar-refractivity contribution in [3.05, 3.63) is 29.8 Å². The first-order valence-electron chi connectivity index (χ1n) is 4.57. The lowest BCUT2D eigenvalue weighted by atomic mass is 10.1. The van der Waals surface area contributed by atoms with Gasteiger partial charge in [-0.15, -0.1) is 0 Å². The lowest BCUT2D eigenvalue weighted by Gasteiger charge is -2.18. The number of rotatable bonds is 2. The number of aromatic hydroxyl groups is 1. The number of nitrogens with zero attached hydrogens (tertiary/aromatic N) is 1. The molecular formula is C10H11NO4. The molecule has 15 heavy (non-hydrogen) atoms.